The van der Waals surface area contributed by atoms with Gasteiger partial charge in [0, 0.05) is 44.2 Å². The fourth-order valence-electron chi connectivity index (χ4n) is 9.28. The molecule has 0 saturated heterocycles. The lowest BCUT2D eigenvalue weighted by Gasteiger charge is -2.25. The average molecular weight is 803 g/mol. The number of para-hydroxylation sites is 1. The van der Waals surface area contributed by atoms with Crippen molar-refractivity contribution >= 4 is 43.4 Å². The lowest BCUT2D eigenvalue weighted by atomic mass is 9.84. The van der Waals surface area contributed by atoms with E-state index in [-0.39, 0.29) is 0 Å². The number of hydrogen-bond acceptors (Lipinski definition) is 3. The Morgan fingerprint density at radius 2 is 0.762 bits per heavy atom. The molecule has 0 atom stereocenters. The lowest BCUT2D eigenvalue weighted by molar-refractivity contribution is 1.07. The molecule has 0 amide bonds. The van der Waals surface area contributed by atoms with Gasteiger partial charge in [-0.25, -0.2) is 15.0 Å². The topological polar surface area (TPSA) is 43.6 Å². The van der Waals surface area contributed by atoms with Crippen LogP contribution in [-0.4, -0.2) is 19.5 Å². The average Bonchev–Trinajstić information content (AvgIpc) is 3.68. The standard InChI is InChI=1S/C59H38N4/c1-5-20-40(21-6-1)49-38-51(59-61-57(43-26-11-4-12-27-43)60-58(62-59)47-34-33-39-19-13-14-28-44(39)35-47)54(41-22-7-2-8-23-41)55(42-24-9-3-10-25-42)56(49)63-52-32-18-17-31-48(52)50-36-45-29-15-16-30-46(45)37-53(50)63/h1-38H. The highest BCUT2D eigenvalue weighted by atomic mass is 15.0. The first-order valence-corrected chi connectivity index (χ1v) is 21.4. The van der Waals surface area contributed by atoms with Gasteiger partial charge in [0.2, 0.25) is 0 Å². The Hall–Kier alpha value is -8.47. The van der Waals surface area contributed by atoms with Gasteiger partial charge in [-0.1, -0.05) is 200 Å². The molecule has 12 rings (SSSR count). The summed E-state index contributed by atoms with van der Waals surface area (Å²) in [4.78, 5) is 16.1. The SMILES string of the molecule is c1ccc(-c2nc(-c3ccc4ccccc4c3)nc(-c3cc(-c4ccccc4)c(-n4c5ccccc5c5cc6ccccc6cc54)c(-c4ccccc4)c3-c3ccccc3)n2)cc1. The normalized spacial score (nSPS) is 11.5. The Morgan fingerprint density at radius 1 is 0.270 bits per heavy atom. The number of aromatic nitrogens is 4. The Balaban J connectivity index is 1.27. The van der Waals surface area contributed by atoms with Gasteiger partial charge in [-0.2, -0.15) is 0 Å². The second-order valence-corrected chi connectivity index (χ2v) is 16.0. The Morgan fingerprint density at radius 3 is 1.43 bits per heavy atom. The third-order valence-electron chi connectivity index (χ3n) is 12.2. The molecular formula is C59H38N4. The van der Waals surface area contributed by atoms with E-state index in [1.807, 2.05) is 18.2 Å². The summed E-state index contributed by atoms with van der Waals surface area (Å²) >= 11 is 0. The molecule has 4 nitrogen and oxygen atoms in total. The van der Waals surface area contributed by atoms with Crippen LogP contribution in [0.5, 0.6) is 0 Å². The summed E-state index contributed by atoms with van der Waals surface area (Å²) in [5.74, 6) is 1.83. The second-order valence-electron chi connectivity index (χ2n) is 16.0. The summed E-state index contributed by atoms with van der Waals surface area (Å²) in [5, 5.41) is 7.11. The van der Waals surface area contributed by atoms with Crippen molar-refractivity contribution in [3.05, 3.63) is 231 Å². The van der Waals surface area contributed by atoms with Gasteiger partial charge in [-0.3, -0.25) is 0 Å². The van der Waals surface area contributed by atoms with Gasteiger partial charge in [-0.15, -0.1) is 0 Å². The second kappa shape index (κ2) is 15.2. The van der Waals surface area contributed by atoms with Crippen LogP contribution >= 0.6 is 0 Å². The van der Waals surface area contributed by atoms with Crippen LogP contribution in [0.2, 0.25) is 0 Å². The number of rotatable bonds is 7. The molecule has 0 spiro atoms. The first-order chi connectivity index (χ1) is 31.2. The van der Waals surface area contributed by atoms with Gasteiger partial charge in [-0.05, 0) is 68.6 Å². The molecule has 0 aliphatic rings. The van der Waals surface area contributed by atoms with Gasteiger partial charge in [0.1, 0.15) is 0 Å². The van der Waals surface area contributed by atoms with Crippen LogP contribution in [0.25, 0.3) is 117 Å². The number of nitrogens with zero attached hydrogens (tertiary/aromatic N) is 4. The molecule has 2 heterocycles. The van der Waals surface area contributed by atoms with E-state index in [1.165, 1.54) is 26.9 Å². The zero-order valence-electron chi connectivity index (χ0n) is 34.2. The smallest absolute Gasteiger partial charge is 0.164 e. The molecule has 0 aliphatic heterocycles. The maximum atomic E-state index is 5.46. The van der Waals surface area contributed by atoms with E-state index in [0.29, 0.717) is 17.5 Å². The first kappa shape index (κ1) is 36.4. The number of benzene rings is 10. The van der Waals surface area contributed by atoms with Crippen LogP contribution < -0.4 is 0 Å². The predicted octanol–water partition coefficient (Wildman–Crippen LogP) is 15.3. The molecule has 294 valence electrons. The van der Waals surface area contributed by atoms with Crippen molar-refractivity contribution in [1.82, 2.24) is 19.5 Å². The summed E-state index contributed by atoms with van der Waals surface area (Å²) in [5.41, 5.74) is 12.5. The molecule has 4 heteroatoms. The molecule has 0 saturated carbocycles. The van der Waals surface area contributed by atoms with Crippen molar-refractivity contribution in [2.24, 2.45) is 0 Å². The molecule has 12 aromatic rings. The molecular weight excluding hydrogens is 765 g/mol. The quantitative estimate of drug-likeness (QED) is 0.161. The molecule has 10 aromatic carbocycles. The maximum Gasteiger partial charge on any atom is 0.164 e. The molecule has 0 unspecified atom stereocenters. The van der Waals surface area contributed by atoms with E-state index in [9.17, 15) is 0 Å². The van der Waals surface area contributed by atoms with E-state index in [0.717, 1.165) is 72.2 Å². The van der Waals surface area contributed by atoms with Gasteiger partial charge in [0.05, 0.1) is 16.7 Å². The predicted molar refractivity (Wildman–Crippen MR) is 262 cm³/mol. The largest absolute Gasteiger partial charge is 0.308 e. The fourth-order valence-corrected chi connectivity index (χ4v) is 9.28. The van der Waals surface area contributed by atoms with E-state index in [2.05, 4.69) is 217 Å². The highest BCUT2D eigenvalue weighted by molar-refractivity contribution is 6.15. The van der Waals surface area contributed by atoms with Crippen LogP contribution in [0, 0.1) is 0 Å². The molecule has 63 heavy (non-hydrogen) atoms. The van der Waals surface area contributed by atoms with Crippen LogP contribution in [0.15, 0.2) is 231 Å². The Kier molecular flexibility index (Phi) is 8.79. The van der Waals surface area contributed by atoms with E-state index in [1.54, 1.807) is 0 Å². The van der Waals surface area contributed by atoms with Gasteiger partial charge < -0.3 is 4.57 Å². The van der Waals surface area contributed by atoms with Crippen molar-refractivity contribution in [2.75, 3.05) is 0 Å². The molecule has 0 fully saturated rings. The fraction of sp³-hybridized carbons (Fsp3) is 0. The van der Waals surface area contributed by atoms with Gasteiger partial charge in [0.25, 0.3) is 0 Å². The third kappa shape index (κ3) is 6.36. The van der Waals surface area contributed by atoms with Crippen molar-refractivity contribution in [1.29, 1.82) is 0 Å². The molecule has 0 radical (unpaired) electrons. The lowest BCUT2D eigenvalue weighted by Crippen LogP contribution is -2.06. The number of hydrogen-bond donors (Lipinski definition) is 0. The maximum absolute atomic E-state index is 5.46. The van der Waals surface area contributed by atoms with Crippen molar-refractivity contribution < 1.29 is 0 Å². The Bertz CT molecular complexity index is 3650. The first-order valence-electron chi connectivity index (χ1n) is 21.4. The van der Waals surface area contributed by atoms with Crippen molar-refractivity contribution in [3.63, 3.8) is 0 Å². The minimum absolute atomic E-state index is 0.597. The van der Waals surface area contributed by atoms with E-state index in [4.69, 9.17) is 15.0 Å². The van der Waals surface area contributed by atoms with Crippen molar-refractivity contribution in [3.8, 4) is 73.2 Å². The zero-order valence-corrected chi connectivity index (χ0v) is 34.2. The van der Waals surface area contributed by atoms with Gasteiger partial charge >= 0.3 is 0 Å². The Labute approximate surface area is 365 Å². The van der Waals surface area contributed by atoms with Crippen LogP contribution in [-0.2, 0) is 0 Å². The molecule has 0 bridgehead atoms. The summed E-state index contributed by atoms with van der Waals surface area (Å²) in [6.45, 7) is 0. The summed E-state index contributed by atoms with van der Waals surface area (Å²) < 4.78 is 2.50. The minimum atomic E-state index is 0.597. The highest BCUT2D eigenvalue weighted by Gasteiger charge is 2.28. The van der Waals surface area contributed by atoms with E-state index < -0.39 is 0 Å². The summed E-state index contributed by atoms with van der Waals surface area (Å²) in [6, 6.07) is 81.9. The summed E-state index contributed by atoms with van der Waals surface area (Å²) in [7, 11) is 0. The zero-order chi connectivity index (χ0) is 41.7. The van der Waals surface area contributed by atoms with Gasteiger partial charge in [0.15, 0.2) is 17.5 Å². The molecule has 0 aliphatic carbocycles. The van der Waals surface area contributed by atoms with E-state index >= 15 is 0 Å². The van der Waals surface area contributed by atoms with Crippen molar-refractivity contribution in [2.45, 2.75) is 0 Å². The van der Waals surface area contributed by atoms with Crippen LogP contribution in [0.4, 0.5) is 0 Å². The minimum Gasteiger partial charge on any atom is -0.308 e. The third-order valence-corrected chi connectivity index (χ3v) is 12.2. The number of fused-ring (bicyclic) bond motifs is 5. The molecule has 2 aromatic heterocycles. The monoisotopic (exact) mass is 802 g/mol. The summed E-state index contributed by atoms with van der Waals surface area (Å²) in [6.07, 6.45) is 0. The highest BCUT2D eigenvalue weighted by Crippen LogP contribution is 2.50. The van der Waals surface area contributed by atoms with Crippen LogP contribution in [0.1, 0.15) is 0 Å². The van der Waals surface area contributed by atoms with Crippen LogP contribution in [0.3, 0.4) is 0 Å². The molecule has 0 N–H and O–H groups in total.